The lowest BCUT2D eigenvalue weighted by Gasteiger charge is -2.27. The van der Waals surface area contributed by atoms with Gasteiger partial charge in [0.2, 0.25) is 5.91 Å². The van der Waals surface area contributed by atoms with Crippen LogP contribution in [0.3, 0.4) is 0 Å². The van der Waals surface area contributed by atoms with Crippen LogP contribution in [0.5, 0.6) is 0 Å². The fourth-order valence-electron chi connectivity index (χ4n) is 4.46. The van der Waals surface area contributed by atoms with Crippen molar-refractivity contribution in [2.24, 2.45) is 0 Å². The van der Waals surface area contributed by atoms with Crippen LogP contribution in [-0.4, -0.2) is 39.0 Å². The maximum atomic E-state index is 12.5. The number of amides is 1. The first-order valence-electron chi connectivity index (χ1n) is 10.3. The molecule has 7 nitrogen and oxygen atoms in total. The Kier molecular flexibility index (Phi) is 4.90. The Bertz CT molecular complexity index is 1090. The number of anilines is 2. The van der Waals surface area contributed by atoms with Crippen LogP contribution in [0.1, 0.15) is 48.4 Å². The highest BCUT2D eigenvalue weighted by molar-refractivity contribution is 6.31. The molecule has 0 aliphatic carbocycles. The second-order valence-electron chi connectivity index (χ2n) is 7.88. The van der Waals surface area contributed by atoms with E-state index in [4.69, 9.17) is 11.6 Å². The summed E-state index contributed by atoms with van der Waals surface area (Å²) < 4.78 is 1.68. The zero-order chi connectivity index (χ0) is 20.7. The van der Waals surface area contributed by atoms with Gasteiger partial charge in [-0.15, -0.1) is 10.2 Å². The molecule has 0 saturated carbocycles. The number of nitrogens with zero attached hydrogens (tertiary/aromatic N) is 5. The van der Waals surface area contributed by atoms with Crippen LogP contribution in [0, 0.1) is 6.92 Å². The molecule has 2 aliphatic heterocycles. The average molecular weight is 423 g/mol. The van der Waals surface area contributed by atoms with Gasteiger partial charge < -0.3 is 10.2 Å². The van der Waals surface area contributed by atoms with Crippen LogP contribution in [0.2, 0.25) is 5.02 Å². The molecule has 5 rings (SSSR count). The summed E-state index contributed by atoms with van der Waals surface area (Å²) in [5, 5.41) is 17.2. The van der Waals surface area contributed by atoms with Crippen LogP contribution in [0.25, 0.3) is 5.82 Å². The molecular formula is C22H23ClN6O. The molecule has 1 atom stereocenters. The molecule has 1 N–H and O–H groups in total. The van der Waals surface area contributed by atoms with E-state index in [9.17, 15) is 4.79 Å². The Morgan fingerprint density at radius 2 is 1.77 bits per heavy atom. The number of carbonyl (C=O) groups excluding carboxylic acids is 1. The number of fused-ring (bicyclic) bond motifs is 1. The average Bonchev–Trinajstić information content (AvgIpc) is 3.10. The van der Waals surface area contributed by atoms with Gasteiger partial charge >= 0.3 is 0 Å². The number of nitrogens with one attached hydrogen (secondary N) is 1. The summed E-state index contributed by atoms with van der Waals surface area (Å²) in [4.78, 5) is 14.8. The van der Waals surface area contributed by atoms with Crippen molar-refractivity contribution in [3.63, 3.8) is 0 Å². The lowest BCUT2D eigenvalue weighted by Crippen LogP contribution is -2.30. The van der Waals surface area contributed by atoms with E-state index in [2.05, 4.69) is 25.5 Å². The molecule has 4 heterocycles. The van der Waals surface area contributed by atoms with Crippen molar-refractivity contribution in [2.45, 2.75) is 38.5 Å². The molecular weight excluding hydrogens is 400 g/mol. The quantitative estimate of drug-likeness (QED) is 0.688. The third-order valence-electron chi connectivity index (χ3n) is 5.92. The van der Waals surface area contributed by atoms with Gasteiger partial charge in [0.25, 0.3) is 0 Å². The number of hydrogen-bond donors (Lipinski definition) is 1. The molecule has 0 radical (unpaired) electrons. The largest absolute Gasteiger partial charge is 0.355 e. The Labute approximate surface area is 180 Å². The monoisotopic (exact) mass is 422 g/mol. The van der Waals surface area contributed by atoms with Crippen LogP contribution in [0.4, 0.5) is 11.6 Å². The lowest BCUT2D eigenvalue weighted by atomic mass is 9.86. The highest BCUT2D eigenvalue weighted by Crippen LogP contribution is 2.42. The first-order chi connectivity index (χ1) is 14.6. The van der Waals surface area contributed by atoms with Crippen LogP contribution in [0.15, 0.2) is 36.4 Å². The topological polar surface area (TPSA) is 75.9 Å². The molecule has 0 bridgehead atoms. The minimum atomic E-state index is -0.142. The van der Waals surface area contributed by atoms with Crippen molar-refractivity contribution >= 4 is 29.1 Å². The van der Waals surface area contributed by atoms with Gasteiger partial charge in [-0.3, -0.25) is 4.79 Å². The van der Waals surface area contributed by atoms with Crippen molar-refractivity contribution in [1.82, 2.24) is 20.0 Å². The fraction of sp³-hybridized carbons (Fsp3) is 0.364. The third-order valence-corrected chi connectivity index (χ3v) is 6.26. The van der Waals surface area contributed by atoms with E-state index in [1.165, 1.54) is 19.3 Å². The zero-order valence-corrected chi connectivity index (χ0v) is 17.6. The summed E-state index contributed by atoms with van der Waals surface area (Å²) in [6.45, 7) is 3.98. The minimum Gasteiger partial charge on any atom is -0.355 e. The SMILES string of the molecule is Cc1nn(-c2ccc(N3CCCCC3)nn2)c2c1[C@@H](c1ccccc1Cl)CC(=O)N2. The maximum Gasteiger partial charge on any atom is 0.226 e. The van der Waals surface area contributed by atoms with Crippen LogP contribution >= 0.6 is 11.6 Å². The summed E-state index contributed by atoms with van der Waals surface area (Å²) in [6, 6.07) is 11.6. The van der Waals surface area contributed by atoms with Crippen molar-refractivity contribution in [3.8, 4) is 5.82 Å². The van der Waals surface area contributed by atoms with E-state index < -0.39 is 0 Å². The molecule has 1 aromatic carbocycles. The first-order valence-corrected chi connectivity index (χ1v) is 10.7. The minimum absolute atomic E-state index is 0.0635. The standard InChI is InChI=1S/C22H23ClN6O/c1-14-21-16(15-7-3-4-8-17(15)23)13-20(30)24-22(21)29(27-14)19-10-9-18(25-26-19)28-11-5-2-6-12-28/h3-4,7-10,16H,2,5-6,11-13H2,1H3,(H,24,30)/t16-/m1/s1. The van der Waals surface area contributed by atoms with E-state index in [1.54, 1.807) is 4.68 Å². The summed E-state index contributed by atoms with van der Waals surface area (Å²) in [5.41, 5.74) is 2.76. The smallest absolute Gasteiger partial charge is 0.226 e. The molecule has 154 valence electrons. The summed E-state index contributed by atoms with van der Waals surface area (Å²) in [7, 11) is 0. The van der Waals surface area contributed by atoms with E-state index in [-0.39, 0.29) is 11.8 Å². The molecule has 30 heavy (non-hydrogen) atoms. The molecule has 2 aliphatic rings. The number of hydrogen-bond acceptors (Lipinski definition) is 5. The Hall–Kier alpha value is -2.93. The van der Waals surface area contributed by atoms with Gasteiger partial charge in [0.15, 0.2) is 11.6 Å². The van der Waals surface area contributed by atoms with Gasteiger partial charge in [-0.2, -0.15) is 9.78 Å². The highest BCUT2D eigenvalue weighted by atomic mass is 35.5. The lowest BCUT2D eigenvalue weighted by molar-refractivity contribution is -0.116. The number of carbonyl (C=O) groups is 1. The normalized spacial score (nSPS) is 18.8. The molecule has 3 aromatic rings. The van der Waals surface area contributed by atoms with Gasteiger partial charge in [0, 0.05) is 36.0 Å². The Morgan fingerprint density at radius 3 is 2.50 bits per heavy atom. The van der Waals surface area contributed by atoms with Crippen molar-refractivity contribution < 1.29 is 4.79 Å². The van der Waals surface area contributed by atoms with E-state index in [1.807, 2.05) is 43.3 Å². The number of aryl methyl sites for hydroxylation is 1. The van der Waals surface area contributed by atoms with Gasteiger partial charge in [-0.1, -0.05) is 29.8 Å². The van der Waals surface area contributed by atoms with Crippen molar-refractivity contribution in [2.75, 3.05) is 23.3 Å². The van der Waals surface area contributed by atoms with Gasteiger partial charge in [-0.05, 0) is 49.9 Å². The molecule has 0 spiro atoms. The zero-order valence-electron chi connectivity index (χ0n) is 16.8. The van der Waals surface area contributed by atoms with Crippen LogP contribution < -0.4 is 10.2 Å². The first kappa shape index (κ1) is 19.1. The Balaban J connectivity index is 1.53. The summed E-state index contributed by atoms with van der Waals surface area (Å²) >= 11 is 6.45. The maximum absolute atomic E-state index is 12.5. The number of aromatic nitrogens is 4. The van der Waals surface area contributed by atoms with Gasteiger partial charge in [0.1, 0.15) is 5.82 Å². The number of halogens is 1. The number of piperidine rings is 1. The number of benzene rings is 1. The molecule has 8 heteroatoms. The predicted molar refractivity (Wildman–Crippen MR) is 116 cm³/mol. The summed E-state index contributed by atoms with van der Waals surface area (Å²) in [6.07, 6.45) is 3.98. The molecule has 1 fully saturated rings. The van der Waals surface area contributed by atoms with Crippen LogP contribution in [-0.2, 0) is 4.79 Å². The van der Waals surface area contributed by atoms with Crippen molar-refractivity contribution in [1.29, 1.82) is 0 Å². The van der Waals surface area contributed by atoms with Gasteiger partial charge in [0.05, 0.1) is 5.69 Å². The molecule has 1 saturated heterocycles. The highest BCUT2D eigenvalue weighted by Gasteiger charge is 2.33. The Morgan fingerprint density at radius 1 is 1.03 bits per heavy atom. The molecule has 1 amide bonds. The predicted octanol–water partition coefficient (Wildman–Crippen LogP) is 4.09. The third kappa shape index (κ3) is 3.33. The molecule has 0 unspecified atom stereocenters. The second-order valence-corrected chi connectivity index (χ2v) is 8.29. The fourth-order valence-corrected chi connectivity index (χ4v) is 4.73. The van der Waals surface area contributed by atoms with Gasteiger partial charge in [-0.25, -0.2) is 0 Å². The van der Waals surface area contributed by atoms with E-state index in [0.717, 1.165) is 35.7 Å². The van der Waals surface area contributed by atoms with E-state index >= 15 is 0 Å². The summed E-state index contributed by atoms with van der Waals surface area (Å²) in [5.74, 6) is 1.91. The number of rotatable bonds is 3. The molecule has 2 aromatic heterocycles. The van der Waals surface area contributed by atoms with Crippen molar-refractivity contribution in [3.05, 3.63) is 58.2 Å². The second kappa shape index (κ2) is 7.72. The van der Waals surface area contributed by atoms with E-state index in [0.29, 0.717) is 23.1 Å².